The molecule has 2 aromatic rings. The van der Waals surface area contributed by atoms with Crippen LogP contribution in [0.3, 0.4) is 0 Å². The Morgan fingerprint density at radius 2 is 1.67 bits per heavy atom. The highest BCUT2D eigenvalue weighted by atomic mass is 19.3. The SMILES string of the molecule is Cc1ccc(OC[C@H](O)CN2C(=O)N[C@@](C)(c3ccc(OC(F)F)cc3)C2=O)cc1. The van der Waals surface area contributed by atoms with E-state index >= 15 is 0 Å². The average Bonchev–Trinajstić information content (AvgIpc) is 2.91. The lowest BCUT2D eigenvalue weighted by molar-refractivity contribution is -0.132. The maximum absolute atomic E-state index is 12.9. The third-order valence-corrected chi connectivity index (χ3v) is 4.79. The van der Waals surface area contributed by atoms with Gasteiger partial charge in [-0.1, -0.05) is 29.8 Å². The van der Waals surface area contributed by atoms with Crippen LogP contribution < -0.4 is 14.8 Å². The Balaban J connectivity index is 1.63. The first-order valence-electron chi connectivity index (χ1n) is 9.26. The number of rotatable bonds is 8. The first-order valence-corrected chi connectivity index (χ1v) is 9.26. The number of urea groups is 1. The summed E-state index contributed by atoms with van der Waals surface area (Å²) in [5, 5.41) is 12.8. The van der Waals surface area contributed by atoms with Crippen LogP contribution in [-0.2, 0) is 10.3 Å². The minimum atomic E-state index is -2.96. The second kappa shape index (κ2) is 8.66. The Bertz CT molecular complexity index is 905. The number of nitrogens with one attached hydrogen (secondary N) is 1. The largest absolute Gasteiger partial charge is 0.491 e. The van der Waals surface area contributed by atoms with Crippen molar-refractivity contribution < 1.29 is 33.0 Å². The van der Waals surface area contributed by atoms with Crippen molar-refractivity contribution in [3.63, 3.8) is 0 Å². The van der Waals surface area contributed by atoms with Crippen LogP contribution in [0.4, 0.5) is 13.6 Å². The highest BCUT2D eigenvalue weighted by Gasteiger charge is 2.49. The smallest absolute Gasteiger partial charge is 0.387 e. The maximum Gasteiger partial charge on any atom is 0.387 e. The summed E-state index contributed by atoms with van der Waals surface area (Å²) in [5.41, 5.74) is 0.0727. The summed E-state index contributed by atoms with van der Waals surface area (Å²) >= 11 is 0. The number of aliphatic hydroxyl groups is 1. The number of carbonyl (C=O) groups is 2. The zero-order valence-electron chi connectivity index (χ0n) is 16.5. The molecule has 2 atom stereocenters. The van der Waals surface area contributed by atoms with Crippen LogP contribution in [0.25, 0.3) is 0 Å². The summed E-state index contributed by atoms with van der Waals surface area (Å²) in [6.07, 6.45) is -1.09. The lowest BCUT2D eigenvalue weighted by atomic mass is 9.92. The standard InChI is InChI=1S/C21H22F2N2O5/c1-13-3-7-16(8-4-13)29-12-15(26)11-25-18(27)21(2,24-20(25)28)14-5-9-17(10-6-14)30-19(22)23/h3-10,15,19,26H,11-12H2,1-2H3,(H,24,28)/t15-,21+/m1/s1. The average molecular weight is 420 g/mol. The lowest BCUT2D eigenvalue weighted by Gasteiger charge is -2.23. The molecule has 0 aliphatic carbocycles. The van der Waals surface area contributed by atoms with Crippen LogP contribution in [0.15, 0.2) is 48.5 Å². The molecule has 7 nitrogen and oxygen atoms in total. The molecule has 3 amide bonds. The highest BCUT2D eigenvalue weighted by molar-refractivity contribution is 6.07. The number of halogens is 2. The van der Waals surface area contributed by atoms with E-state index in [1.165, 1.54) is 31.2 Å². The van der Waals surface area contributed by atoms with Gasteiger partial charge in [-0.2, -0.15) is 8.78 Å². The van der Waals surface area contributed by atoms with Crippen molar-refractivity contribution in [3.05, 3.63) is 59.7 Å². The second-order valence-corrected chi connectivity index (χ2v) is 7.15. The molecule has 0 saturated carbocycles. The molecule has 1 saturated heterocycles. The molecule has 2 N–H and O–H groups in total. The van der Waals surface area contributed by atoms with E-state index < -0.39 is 30.2 Å². The number of imide groups is 1. The summed E-state index contributed by atoms with van der Waals surface area (Å²) in [4.78, 5) is 26.1. The zero-order chi connectivity index (χ0) is 21.9. The quantitative estimate of drug-likeness (QED) is 0.642. The van der Waals surface area contributed by atoms with Crippen molar-refractivity contribution >= 4 is 11.9 Å². The summed E-state index contributed by atoms with van der Waals surface area (Å²) in [5.74, 6) is -0.0631. The number of amides is 3. The maximum atomic E-state index is 12.9. The number of hydrogen-bond acceptors (Lipinski definition) is 5. The molecule has 0 unspecified atom stereocenters. The summed E-state index contributed by atoms with van der Waals surface area (Å²) in [6.45, 7) is 0.131. The molecular weight excluding hydrogens is 398 g/mol. The van der Waals surface area contributed by atoms with Crippen molar-refractivity contribution in [1.29, 1.82) is 0 Å². The molecule has 0 radical (unpaired) electrons. The van der Waals surface area contributed by atoms with Gasteiger partial charge in [-0.15, -0.1) is 0 Å². The van der Waals surface area contributed by atoms with Gasteiger partial charge in [0, 0.05) is 0 Å². The van der Waals surface area contributed by atoms with Gasteiger partial charge in [0.15, 0.2) is 0 Å². The van der Waals surface area contributed by atoms with Crippen molar-refractivity contribution in [2.75, 3.05) is 13.2 Å². The van der Waals surface area contributed by atoms with Gasteiger partial charge in [0.1, 0.15) is 29.7 Å². The van der Waals surface area contributed by atoms with Crippen molar-refractivity contribution in [1.82, 2.24) is 10.2 Å². The van der Waals surface area contributed by atoms with Crippen LogP contribution in [0.1, 0.15) is 18.1 Å². The molecule has 1 aliphatic heterocycles. The van der Waals surface area contributed by atoms with E-state index in [1.54, 1.807) is 12.1 Å². The normalized spacial score (nSPS) is 19.7. The van der Waals surface area contributed by atoms with E-state index in [1.807, 2.05) is 19.1 Å². The topological polar surface area (TPSA) is 88.1 Å². The molecule has 1 fully saturated rings. The van der Waals surface area contributed by atoms with Gasteiger partial charge in [0.05, 0.1) is 6.54 Å². The summed E-state index contributed by atoms with van der Waals surface area (Å²) in [7, 11) is 0. The fraction of sp³-hybridized carbons (Fsp3) is 0.333. The van der Waals surface area contributed by atoms with Gasteiger partial charge in [-0.3, -0.25) is 9.69 Å². The Labute approximate surface area is 172 Å². The number of aryl methyl sites for hydroxylation is 1. The number of β-amino-alcohol motifs (C(OH)–C–C–N with tert-alkyl or cyclic N) is 1. The third kappa shape index (κ3) is 4.68. The Morgan fingerprint density at radius 3 is 2.27 bits per heavy atom. The third-order valence-electron chi connectivity index (χ3n) is 4.79. The molecule has 3 rings (SSSR count). The molecule has 160 valence electrons. The molecule has 0 aromatic heterocycles. The van der Waals surface area contributed by atoms with E-state index in [2.05, 4.69) is 10.1 Å². The van der Waals surface area contributed by atoms with Crippen molar-refractivity contribution in [3.8, 4) is 11.5 Å². The van der Waals surface area contributed by atoms with E-state index in [9.17, 15) is 23.5 Å². The van der Waals surface area contributed by atoms with Crippen LogP contribution in [0.5, 0.6) is 11.5 Å². The van der Waals surface area contributed by atoms with Crippen LogP contribution in [0.2, 0.25) is 0 Å². The minimum Gasteiger partial charge on any atom is -0.491 e. The van der Waals surface area contributed by atoms with E-state index in [0.717, 1.165) is 10.5 Å². The van der Waals surface area contributed by atoms with Crippen LogP contribution >= 0.6 is 0 Å². The monoisotopic (exact) mass is 420 g/mol. The second-order valence-electron chi connectivity index (χ2n) is 7.15. The van der Waals surface area contributed by atoms with E-state index in [0.29, 0.717) is 11.3 Å². The number of hydrogen-bond donors (Lipinski definition) is 2. The highest BCUT2D eigenvalue weighted by Crippen LogP contribution is 2.30. The predicted molar refractivity (Wildman–Crippen MR) is 103 cm³/mol. The molecule has 1 heterocycles. The zero-order valence-corrected chi connectivity index (χ0v) is 16.5. The Hall–Kier alpha value is -3.20. The first-order chi connectivity index (χ1) is 14.2. The molecule has 0 spiro atoms. The van der Waals surface area contributed by atoms with Gasteiger partial charge in [-0.05, 0) is 43.7 Å². The molecule has 30 heavy (non-hydrogen) atoms. The molecule has 9 heteroatoms. The van der Waals surface area contributed by atoms with Crippen LogP contribution in [0, 0.1) is 6.92 Å². The van der Waals surface area contributed by atoms with Crippen molar-refractivity contribution in [2.24, 2.45) is 0 Å². The number of benzene rings is 2. The number of carbonyl (C=O) groups excluding carboxylic acids is 2. The molecule has 2 aromatic carbocycles. The predicted octanol–water partition coefficient (Wildman–Crippen LogP) is 2.80. The number of alkyl halides is 2. The first kappa shape index (κ1) is 21.5. The van der Waals surface area contributed by atoms with E-state index in [4.69, 9.17) is 4.74 Å². The van der Waals surface area contributed by atoms with E-state index in [-0.39, 0.29) is 18.9 Å². The van der Waals surface area contributed by atoms with Gasteiger partial charge < -0.3 is 19.9 Å². The van der Waals surface area contributed by atoms with Gasteiger partial charge in [0.2, 0.25) is 0 Å². The fourth-order valence-electron chi connectivity index (χ4n) is 3.12. The number of aliphatic hydroxyl groups excluding tert-OH is 1. The van der Waals surface area contributed by atoms with Crippen molar-refractivity contribution in [2.45, 2.75) is 32.1 Å². The molecule has 0 bridgehead atoms. The van der Waals surface area contributed by atoms with Gasteiger partial charge >= 0.3 is 12.6 Å². The lowest BCUT2D eigenvalue weighted by Crippen LogP contribution is -2.42. The fourth-order valence-corrected chi connectivity index (χ4v) is 3.12. The number of nitrogens with zero attached hydrogens (tertiary/aromatic N) is 1. The number of ether oxygens (including phenoxy) is 2. The Morgan fingerprint density at radius 1 is 1.07 bits per heavy atom. The van der Waals surface area contributed by atoms with Gasteiger partial charge in [-0.25, -0.2) is 4.79 Å². The minimum absolute atomic E-state index is 0.0605. The summed E-state index contributed by atoms with van der Waals surface area (Å²) < 4.78 is 34.4. The van der Waals surface area contributed by atoms with Gasteiger partial charge in [0.25, 0.3) is 5.91 Å². The Kier molecular flexibility index (Phi) is 6.21. The summed E-state index contributed by atoms with van der Waals surface area (Å²) in [6, 6.07) is 12.0. The molecular formula is C21H22F2N2O5. The van der Waals surface area contributed by atoms with Crippen LogP contribution in [-0.4, -0.2) is 47.8 Å². The molecule has 1 aliphatic rings.